The van der Waals surface area contributed by atoms with E-state index in [1.807, 2.05) is 37.3 Å². The molecule has 3 atom stereocenters. The van der Waals surface area contributed by atoms with Crippen LogP contribution in [0.15, 0.2) is 42.6 Å². The van der Waals surface area contributed by atoms with E-state index < -0.39 is 48.2 Å². The topological polar surface area (TPSA) is 142 Å². The summed E-state index contributed by atoms with van der Waals surface area (Å²) in [6, 6.07) is 6.74. The Morgan fingerprint density at radius 1 is 1.18 bits per heavy atom. The Bertz CT molecular complexity index is 1110. The van der Waals surface area contributed by atoms with Crippen molar-refractivity contribution in [2.75, 3.05) is 31.6 Å². The molecule has 2 fully saturated rings. The molecule has 1 aromatic carbocycles. The van der Waals surface area contributed by atoms with Crippen molar-refractivity contribution in [3.05, 3.63) is 48.2 Å². The van der Waals surface area contributed by atoms with E-state index in [1.165, 1.54) is 11.8 Å². The quantitative estimate of drug-likeness (QED) is 0.337. The molecule has 0 aromatic heterocycles. The number of thioether (sulfide) groups is 2. The highest BCUT2D eigenvalue weighted by Gasteiger charge is 2.51. The molecule has 0 aliphatic carbocycles. The number of hydrogen-bond donors (Lipinski definition) is 3. The van der Waals surface area contributed by atoms with Crippen LogP contribution in [0.5, 0.6) is 0 Å². The van der Waals surface area contributed by atoms with Gasteiger partial charge < -0.3 is 26.2 Å². The zero-order chi connectivity index (χ0) is 28.7. The number of Topliss-reactive ketones (excluding diaryl/α,β-unsaturated/α-hetero) is 1. The fourth-order valence-corrected chi connectivity index (χ4v) is 8.18. The number of nitrogens with zero attached hydrogens (tertiary/aromatic N) is 2. The lowest BCUT2D eigenvalue weighted by Gasteiger charge is -2.29. The zero-order valence-corrected chi connectivity index (χ0v) is 24.2. The van der Waals surface area contributed by atoms with E-state index in [9.17, 15) is 24.0 Å². The average Bonchev–Trinajstić information content (AvgIpc) is 3.53. The van der Waals surface area contributed by atoms with Gasteiger partial charge in [-0.3, -0.25) is 24.0 Å². The highest BCUT2D eigenvalue weighted by atomic mass is 32.2. The van der Waals surface area contributed by atoms with E-state index in [-0.39, 0.29) is 22.1 Å². The summed E-state index contributed by atoms with van der Waals surface area (Å²) in [5, 5.41) is 5.10. The second-order valence-corrected chi connectivity index (χ2v) is 13.0. The summed E-state index contributed by atoms with van der Waals surface area (Å²) in [5.74, 6) is -0.998. The third-order valence-electron chi connectivity index (χ3n) is 6.89. The molecule has 3 rings (SSSR count). The van der Waals surface area contributed by atoms with Gasteiger partial charge in [0, 0.05) is 44.1 Å². The van der Waals surface area contributed by atoms with Crippen molar-refractivity contribution < 1.29 is 24.0 Å². The fourth-order valence-electron chi connectivity index (χ4n) is 4.93. The molecule has 4 N–H and O–H groups in total. The zero-order valence-electron chi connectivity index (χ0n) is 22.6. The maximum absolute atomic E-state index is 13.3. The molecule has 2 aliphatic heterocycles. The van der Waals surface area contributed by atoms with Crippen LogP contribution in [-0.4, -0.2) is 87.0 Å². The van der Waals surface area contributed by atoms with Crippen LogP contribution in [0.25, 0.3) is 0 Å². The minimum absolute atomic E-state index is 0.201. The van der Waals surface area contributed by atoms with E-state index in [2.05, 4.69) is 17.2 Å². The van der Waals surface area contributed by atoms with E-state index >= 15 is 0 Å². The highest BCUT2D eigenvalue weighted by molar-refractivity contribution is 8.21. The average molecular weight is 576 g/mol. The van der Waals surface area contributed by atoms with Crippen molar-refractivity contribution in [3.63, 3.8) is 0 Å². The second kappa shape index (κ2) is 13.4. The molecular formula is C27H37N5O5S2. The van der Waals surface area contributed by atoms with E-state index in [1.54, 1.807) is 35.5 Å². The van der Waals surface area contributed by atoms with Gasteiger partial charge in [0.25, 0.3) is 5.91 Å². The monoisotopic (exact) mass is 575 g/mol. The van der Waals surface area contributed by atoms with Crippen LogP contribution in [-0.2, 0) is 24.0 Å². The van der Waals surface area contributed by atoms with Crippen molar-refractivity contribution in [3.8, 4) is 0 Å². The number of carbonyl (C=O) groups is 5. The first-order chi connectivity index (χ1) is 18.5. The smallest absolute Gasteiger partial charge is 0.290 e. The van der Waals surface area contributed by atoms with Crippen molar-refractivity contribution >= 4 is 52.9 Å². The van der Waals surface area contributed by atoms with Crippen molar-refractivity contribution in [1.29, 1.82) is 0 Å². The van der Waals surface area contributed by atoms with Gasteiger partial charge in [0.05, 0.1) is 22.7 Å². The molecule has 2 unspecified atom stereocenters. The maximum Gasteiger partial charge on any atom is 0.290 e. The van der Waals surface area contributed by atoms with Gasteiger partial charge in [-0.25, -0.2) is 0 Å². The summed E-state index contributed by atoms with van der Waals surface area (Å²) >= 11 is 3.52. The van der Waals surface area contributed by atoms with Crippen molar-refractivity contribution in [2.24, 2.45) is 5.73 Å². The summed E-state index contributed by atoms with van der Waals surface area (Å²) in [6.07, 6.45) is 1.28. The molecule has 1 spiro atoms. The largest absolute Gasteiger partial charge is 0.401 e. The van der Waals surface area contributed by atoms with Gasteiger partial charge >= 0.3 is 0 Å². The summed E-state index contributed by atoms with van der Waals surface area (Å²) < 4.78 is -0.214. The first-order valence-electron chi connectivity index (χ1n) is 12.9. The molecular weight excluding hydrogens is 538 g/mol. The molecule has 2 heterocycles. The lowest BCUT2D eigenvalue weighted by molar-refractivity contribution is -0.142. The van der Waals surface area contributed by atoms with E-state index in [4.69, 9.17) is 5.73 Å². The van der Waals surface area contributed by atoms with Gasteiger partial charge in [0.2, 0.25) is 23.5 Å². The fraction of sp³-hybridized carbons (Fsp3) is 0.519. The Labute approximate surface area is 237 Å². The van der Waals surface area contributed by atoms with Crippen molar-refractivity contribution in [1.82, 2.24) is 20.4 Å². The van der Waals surface area contributed by atoms with Crippen LogP contribution in [0, 0.1) is 0 Å². The Morgan fingerprint density at radius 2 is 1.82 bits per heavy atom. The Hall–Kier alpha value is -2.99. The summed E-state index contributed by atoms with van der Waals surface area (Å²) in [4.78, 5) is 67.1. The first-order valence-corrected chi connectivity index (χ1v) is 14.9. The summed E-state index contributed by atoms with van der Waals surface area (Å²) in [7, 11) is 1.54. The van der Waals surface area contributed by atoms with E-state index in [0.29, 0.717) is 19.4 Å². The molecule has 212 valence electrons. The number of ketones is 1. The van der Waals surface area contributed by atoms with Crippen LogP contribution in [0.1, 0.15) is 44.7 Å². The van der Waals surface area contributed by atoms with Gasteiger partial charge in [-0.1, -0.05) is 50.3 Å². The Kier molecular flexibility index (Phi) is 10.5. The van der Waals surface area contributed by atoms with Crippen LogP contribution in [0.3, 0.4) is 0 Å². The molecule has 39 heavy (non-hydrogen) atoms. The minimum atomic E-state index is -1.06. The van der Waals surface area contributed by atoms with Crippen LogP contribution >= 0.6 is 23.5 Å². The number of hydrogen-bond acceptors (Lipinski definition) is 8. The molecule has 2 saturated heterocycles. The number of nitrogens with two attached hydrogens (primary N) is 1. The predicted octanol–water partition coefficient (Wildman–Crippen LogP) is 1.43. The van der Waals surface area contributed by atoms with Crippen LogP contribution < -0.4 is 16.4 Å². The SMILES string of the molecule is C=C(N)C(c1ccccc1)N(C)C(=O)CNC(=O)C(=O)C(CCC)NC(=O)[C@@H]1CC2(CN1C(C)=O)SCCS2. The molecule has 0 bridgehead atoms. The van der Waals surface area contributed by atoms with Gasteiger partial charge in [0.15, 0.2) is 0 Å². The lowest BCUT2D eigenvalue weighted by atomic mass is 10.0. The molecule has 2 aliphatic rings. The highest BCUT2D eigenvalue weighted by Crippen LogP contribution is 2.51. The second-order valence-electron chi connectivity index (χ2n) is 9.76. The summed E-state index contributed by atoms with van der Waals surface area (Å²) in [6.45, 7) is 7.09. The predicted molar refractivity (Wildman–Crippen MR) is 154 cm³/mol. The van der Waals surface area contributed by atoms with Gasteiger partial charge in [-0.15, -0.1) is 23.5 Å². The number of carbonyl (C=O) groups excluding carboxylic acids is 5. The third kappa shape index (κ3) is 7.36. The molecule has 0 saturated carbocycles. The van der Waals surface area contributed by atoms with Gasteiger partial charge in [-0.2, -0.15) is 0 Å². The van der Waals surface area contributed by atoms with Crippen LogP contribution in [0.4, 0.5) is 0 Å². The molecule has 1 aromatic rings. The van der Waals surface area contributed by atoms with Crippen molar-refractivity contribution in [2.45, 2.75) is 55.3 Å². The van der Waals surface area contributed by atoms with E-state index in [0.717, 1.165) is 17.1 Å². The van der Waals surface area contributed by atoms with Gasteiger partial charge in [0.1, 0.15) is 6.04 Å². The number of nitrogens with one attached hydrogen (secondary N) is 2. The first kappa shape index (κ1) is 30.6. The number of benzene rings is 1. The number of likely N-dealkylation sites (N-methyl/N-ethyl adjacent to an activating group) is 1. The maximum atomic E-state index is 13.3. The number of likely N-dealkylation sites (tertiary alicyclic amines) is 1. The Morgan fingerprint density at radius 3 is 2.38 bits per heavy atom. The summed E-state index contributed by atoms with van der Waals surface area (Å²) in [5.41, 5.74) is 6.97. The standard InChI is InChI=1S/C27H37N5O5S2/c1-5-9-20(30-25(36)21-14-27(38-12-13-39-27)16-32(21)18(3)33)24(35)26(37)29-15-22(34)31(4)23(17(2)28)19-10-7-6-8-11-19/h6-8,10-11,20-21,23H,2,5,9,12-16,28H2,1,3-4H3,(H,29,37)(H,30,36)/t20?,21-,23?/m0/s1. The minimum Gasteiger partial charge on any atom is -0.401 e. The normalized spacial score (nSPS) is 19.3. The number of amides is 4. The third-order valence-corrected chi connectivity index (χ3v) is 10.3. The molecule has 4 amide bonds. The lowest BCUT2D eigenvalue weighted by Crippen LogP contribution is -2.53. The van der Waals surface area contributed by atoms with Gasteiger partial charge in [-0.05, 0) is 12.0 Å². The molecule has 0 radical (unpaired) electrons. The number of rotatable bonds is 11. The molecule has 12 heteroatoms. The Balaban J connectivity index is 1.62. The van der Waals surface area contributed by atoms with Crippen LogP contribution in [0.2, 0.25) is 0 Å². The molecule has 10 nitrogen and oxygen atoms in total.